The van der Waals surface area contributed by atoms with Gasteiger partial charge in [-0.15, -0.1) is 0 Å². The van der Waals surface area contributed by atoms with Crippen molar-refractivity contribution in [1.29, 1.82) is 0 Å². The van der Waals surface area contributed by atoms with Gasteiger partial charge in [0.15, 0.2) is 0 Å². The van der Waals surface area contributed by atoms with E-state index in [4.69, 9.17) is 0 Å². The monoisotopic (exact) mass is 631 g/mol. The van der Waals surface area contributed by atoms with Crippen molar-refractivity contribution in [3.05, 3.63) is 176 Å². The summed E-state index contributed by atoms with van der Waals surface area (Å²) in [6, 6.07) is 62.7. The normalized spacial score (nSPS) is 12.0. The summed E-state index contributed by atoms with van der Waals surface area (Å²) < 4.78 is 0. The van der Waals surface area contributed by atoms with Crippen molar-refractivity contribution in [3.8, 4) is 33.4 Å². The van der Waals surface area contributed by atoms with Crippen molar-refractivity contribution in [1.82, 2.24) is 4.98 Å². The summed E-state index contributed by atoms with van der Waals surface area (Å²) in [5.41, 5.74) is 8.17. The van der Waals surface area contributed by atoms with Crippen LogP contribution in [-0.4, -0.2) is 4.98 Å². The van der Waals surface area contributed by atoms with Crippen LogP contribution in [0.4, 0.5) is 0 Å². The zero-order valence-electron chi connectivity index (χ0n) is 27.2. The summed E-state index contributed by atoms with van der Waals surface area (Å²) in [5.74, 6) is 0. The minimum absolute atomic E-state index is 1.02. The molecule has 0 atom stereocenters. The zero-order chi connectivity index (χ0) is 32.8. The molecular weight excluding hydrogens is 603 g/mol. The Morgan fingerprint density at radius 1 is 0.260 bits per heavy atom. The molecule has 1 heteroatoms. The summed E-state index contributed by atoms with van der Waals surface area (Å²) in [4.78, 5) is 4.67. The molecule has 0 fully saturated rings. The predicted molar refractivity (Wildman–Crippen MR) is 214 cm³/mol. The Bertz CT molecular complexity index is 3110. The van der Waals surface area contributed by atoms with Gasteiger partial charge >= 0.3 is 0 Å². The molecule has 0 N–H and O–H groups in total. The Morgan fingerprint density at radius 3 is 1.26 bits per heavy atom. The van der Waals surface area contributed by atoms with Gasteiger partial charge in [-0.1, -0.05) is 146 Å². The SMILES string of the molecule is c1ccc2ncc(-c3ccc(-c4ccc(-c5cc6ccc7cccc8c9cccc%10ccc%11cccc(c(c5)c6c78)c%11c%109)cc4)cc3)cc2c1. The number of hydrogen-bond acceptors (Lipinski definition) is 1. The molecule has 0 aliphatic heterocycles. The van der Waals surface area contributed by atoms with Crippen LogP contribution < -0.4 is 0 Å². The van der Waals surface area contributed by atoms with Gasteiger partial charge in [-0.3, -0.25) is 4.98 Å². The van der Waals surface area contributed by atoms with E-state index in [1.165, 1.54) is 92.5 Å². The summed E-state index contributed by atoms with van der Waals surface area (Å²) >= 11 is 0. The minimum atomic E-state index is 1.02. The maximum Gasteiger partial charge on any atom is 0.0702 e. The molecule has 1 nitrogen and oxygen atoms in total. The van der Waals surface area contributed by atoms with Crippen LogP contribution in [0, 0.1) is 0 Å². The minimum Gasteiger partial charge on any atom is -0.256 e. The molecule has 50 heavy (non-hydrogen) atoms. The highest BCUT2D eigenvalue weighted by Gasteiger charge is 2.16. The molecule has 0 bridgehead atoms. The Hall–Kier alpha value is -6.57. The second kappa shape index (κ2) is 10.5. The van der Waals surface area contributed by atoms with Crippen molar-refractivity contribution in [2.75, 3.05) is 0 Å². The number of nitrogens with zero attached hydrogens (tertiary/aromatic N) is 1. The lowest BCUT2D eigenvalue weighted by atomic mass is 9.86. The predicted octanol–water partition coefficient (Wildman–Crippen LogP) is 13.6. The second-order valence-electron chi connectivity index (χ2n) is 13.5. The fourth-order valence-electron chi connectivity index (χ4n) is 8.39. The fourth-order valence-corrected chi connectivity index (χ4v) is 8.39. The summed E-state index contributed by atoms with van der Waals surface area (Å²) in [6.45, 7) is 0. The average molecular weight is 632 g/mol. The van der Waals surface area contributed by atoms with Crippen LogP contribution in [0.1, 0.15) is 0 Å². The Balaban J connectivity index is 1.08. The molecule has 230 valence electrons. The van der Waals surface area contributed by atoms with Crippen LogP contribution in [-0.2, 0) is 0 Å². The highest BCUT2D eigenvalue weighted by atomic mass is 14.6. The lowest BCUT2D eigenvalue weighted by Crippen LogP contribution is -1.89. The number of rotatable bonds is 3. The van der Waals surface area contributed by atoms with Gasteiger partial charge in [0.05, 0.1) is 5.52 Å². The molecule has 0 spiro atoms. The van der Waals surface area contributed by atoms with Gasteiger partial charge < -0.3 is 0 Å². The van der Waals surface area contributed by atoms with Crippen molar-refractivity contribution < 1.29 is 0 Å². The first kappa shape index (κ1) is 27.4. The van der Waals surface area contributed by atoms with Crippen LogP contribution in [0.2, 0.25) is 0 Å². The third kappa shape index (κ3) is 4.04. The van der Waals surface area contributed by atoms with Crippen molar-refractivity contribution in [2.45, 2.75) is 0 Å². The van der Waals surface area contributed by atoms with Crippen LogP contribution in [0.5, 0.6) is 0 Å². The highest BCUT2D eigenvalue weighted by Crippen LogP contribution is 2.44. The quantitative estimate of drug-likeness (QED) is 0.177. The Labute approximate surface area is 289 Å². The molecule has 0 unspecified atom stereocenters. The van der Waals surface area contributed by atoms with E-state index in [1.807, 2.05) is 12.3 Å². The van der Waals surface area contributed by atoms with Crippen LogP contribution in [0.25, 0.3) is 109 Å². The Kier molecular flexibility index (Phi) is 5.73. The molecule has 1 heterocycles. The van der Waals surface area contributed by atoms with E-state index < -0.39 is 0 Å². The molecule has 0 saturated heterocycles. The maximum absolute atomic E-state index is 4.67. The molecule has 0 aliphatic carbocycles. The fraction of sp³-hybridized carbons (Fsp3) is 0. The van der Waals surface area contributed by atoms with E-state index in [2.05, 4.69) is 169 Å². The Morgan fingerprint density at radius 2 is 0.680 bits per heavy atom. The van der Waals surface area contributed by atoms with Gasteiger partial charge in [0.25, 0.3) is 0 Å². The highest BCUT2D eigenvalue weighted by molar-refractivity contribution is 6.37. The van der Waals surface area contributed by atoms with Gasteiger partial charge in [0.2, 0.25) is 0 Å². The molecule has 0 saturated carbocycles. The standard InChI is InChI=1S/C49H29N/c1-2-13-45-37(6-1)26-40(29-50-45)33-20-16-31(17-21-33)30-14-18-32(19-15-30)39-27-38-25-24-36-8-4-11-42-41-10-3-7-34-22-23-35-9-5-12-43(48(35)46(34)41)44(28-39)49(38)47(36)42/h1-29H. The van der Waals surface area contributed by atoms with Gasteiger partial charge in [-0.25, -0.2) is 0 Å². The summed E-state index contributed by atoms with van der Waals surface area (Å²) in [6.07, 6.45) is 1.97. The van der Waals surface area contributed by atoms with Crippen LogP contribution in [0.3, 0.4) is 0 Å². The number of para-hydroxylation sites is 1. The summed E-state index contributed by atoms with van der Waals surface area (Å²) in [5, 5.41) is 16.8. The van der Waals surface area contributed by atoms with Crippen molar-refractivity contribution >= 4 is 75.5 Å². The second-order valence-corrected chi connectivity index (χ2v) is 13.5. The largest absolute Gasteiger partial charge is 0.256 e. The first-order valence-corrected chi connectivity index (χ1v) is 17.3. The van der Waals surface area contributed by atoms with Gasteiger partial charge in [0.1, 0.15) is 0 Å². The van der Waals surface area contributed by atoms with Gasteiger partial charge in [0, 0.05) is 17.1 Å². The van der Waals surface area contributed by atoms with Crippen LogP contribution >= 0.6 is 0 Å². The number of aromatic nitrogens is 1. The van der Waals surface area contributed by atoms with E-state index in [0.29, 0.717) is 0 Å². The third-order valence-electron chi connectivity index (χ3n) is 10.8. The number of hydrogen-bond donors (Lipinski definition) is 0. The van der Waals surface area contributed by atoms with Crippen molar-refractivity contribution in [2.24, 2.45) is 0 Å². The van der Waals surface area contributed by atoms with E-state index in [1.54, 1.807) is 0 Å². The smallest absolute Gasteiger partial charge is 0.0702 e. The molecular formula is C49H29N. The molecule has 10 aromatic carbocycles. The average Bonchev–Trinajstić information content (AvgIpc) is 3.19. The summed E-state index contributed by atoms with van der Waals surface area (Å²) in [7, 11) is 0. The zero-order valence-corrected chi connectivity index (χ0v) is 27.2. The van der Waals surface area contributed by atoms with E-state index in [-0.39, 0.29) is 0 Å². The molecule has 1 aromatic heterocycles. The third-order valence-corrected chi connectivity index (χ3v) is 10.8. The molecule has 11 rings (SSSR count). The molecule has 11 aromatic rings. The number of benzene rings is 9. The van der Waals surface area contributed by atoms with Gasteiger partial charge in [-0.05, 0) is 117 Å². The number of pyridine rings is 1. The van der Waals surface area contributed by atoms with E-state index >= 15 is 0 Å². The number of fused-ring (bicyclic) bond motifs is 3. The van der Waals surface area contributed by atoms with Gasteiger partial charge in [-0.2, -0.15) is 0 Å². The van der Waals surface area contributed by atoms with Crippen molar-refractivity contribution in [3.63, 3.8) is 0 Å². The topological polar surface area (TPSA) is 12.9 Å². The first-order chi connectivity index (χ1) is 24.8. The molecule has 0 aliphatic rings. The van der Waals surface area contributed by atoms with Crippen LogP contribution in [0.15, 0.2) is 176 Å². The van der Waals surface area contributed by atoms with E-state index in [0.717, 1.165) is 16.5 Å². The molecule has 0 amide bonds. The molecule has 0 radical (unpaired) electrons. The lowest BCUT2D eigenvalue weighted by molar-refractivity contribution is 1.41. The first-order valence-electron chi connectivity index (χ1n) is 17.3. The lowest BCUT2D eigenvalue weighted by Gasteiger charge is -2.17. The maximum atomic E-state index is 4.67. The van der Waals surface area contributed by atoms with E-state index in [9.17, 15) is 0 Å².